The summed E-state index contributed by atoms with van der Waals surface area (Å²) in [5.41, 5.74) is -0.665. The lowest BCUT2D eigenvalue weighted by Crippen LogP contribution is -2.45. The predicted octanol–water partition coefficient (Wildman–Crippen LogP) is 0.281. The van der Waals surface area contributed by atoms with Gasteiger partial charge in [-0.15, -0.1) is 0 Å². The van der Waals surface area contributed by atoms with Crippen molar-refractivity contribution >= 4 is 33.4 Å². The van der Waals surface area contributed by atoms with Gasteiger partial charge in [0.2, 0.25) is 10.0 Å². The van der Waals surface area contributed by atoms with Crippen LogP contribution >= 0.6 is 0 Å². The van der Waals surface area contributed by atoms with Crippen LogP contribution in [0, 0.1) is 23.4 Å². The normalized spacial score (nSPS) is 20.4. The molecule has 15 heteroatoms. The molecule has 2 aromatic rings. The van der Waals surface area contributed by atoms with Crippen molar-refractivity contribution in [2.45, 2.75) is 10.9 Å². The molecule has 0 spiro atoms. The molecule has 1 aromatic heterocycles. The molecule has 1 aromatic carbocycles. The van der Waals surface area contributed by atoms with Crippen molar-refractivity contribution < 1.29 is 40.7 Å². The number of carbonyl (C=O) groups is 3. The van der Waals surface area contributed by atoms with E-state index in [9.17, 15) is 36.0 Å². The highest BCUT2D eigenvalue weighted by Gasteiger charge is 2.43. The van der Waals surface area contributed by atoms with Gasteiger partial charge in [-0.05, 0) is 0 Å². The van der Waals surface area contributed by atoms with Gasteiger partial charge in [0.15, 0.2) is 28.9 Å². The molecule has 2 N–H and O–H groups in total. The summed E-state index contributed by atoms with van der Waals surface area (Å²) in [6, 6.07) is 0.405. The Bertz CT molecular complexity index is 1350. The summed E-state index contributed by atoms with van der Waals surface area (Å²) in [5, 5.41) is 2.20. The monoisotopic (exact) mass is 529 g/mol. The molecule has 36 heavy (non-hydrogen) atoms. The van der Waals surface area contributed by atoms with Gasteiger partial charge >= 0.3 is 11.8 Å². The number of sulfonamides is 1. The first-order chi connectivity index (χ1) is 16.8. The van der Waals surface area contributed by atoms with E-state index in [0.717, 1.165) is 11.1 Å². The standard InChI is InChI=1S/C21H22F3N5O6S/c1-27(2)20(31)21(32)29-6-10-9-35-18-15(36(33,34)26-14(10)7-29)8-28(3)17(18)19(30)25-11-4-12(22)16(24)13(23)5-11/h4-5,8,10,14,26H,6-7,9H2,1-3H3,(H,25,30)/t10-,14-/m0/s1. The van der Waals surface area contributed by atoms with E-state index in [2.05, 4.69) is 10.0 Å². The number of hydrogen-bond donors (Lipinski definition) is 2. The molecule has 4 rings (SSSR count). The molecule has 3 amide bonds. The number of nitrogens with one attached hydrogen (secondary N) is 2. The average Bonchev–Trinajstić information content (AvgIpc) is 3.34. The van der Waals surface area contributed by atoms with Crippen LogP contribution in [0.4, 0.5) is 18.9 Å². The molecule has 0 aliphatic carbocycles. The molecule has 0 bridgehead atoms. The second-order valence-corrected chi connectivity index (χ2v) is 10.4. The SMILES string of the molecule is CN(C)C(=O)C(=O)N1C[C@H]2COc3c(cn(C)c3C(=O)Nc3cc(F)c(F)c(F)c3)S(=O)(=O)N[C@H]2C1. The molecular weight excluding hydrogens is 507 g/mol. The zero-order valence-electron chi connectivity index (χ0n) is 19.3. The van der Waals surface area contributed by atoms with Gasteiger partial charge in [-0.2, -0.15) is 0 Å². The number of likely N-dealkylation sites (N-methyl/N-ethyl adjacent to an activating group) is 1. The minimum atomic E-state index is -4.25. The number of likely N-dealkylation sites (tertiary alicyclic amines) is 1. The maximum atomic E-state index is 13.6. The Morgan fingerprint density at radius 2 is 1.78 bits per heavy atom. The first kappa shape index (κ1) is 25.5. The van der Waals surface area contributed by atoms with E-state index in [0.29, 0.717) is 12.1 Å². The van der Waals surface area contributed by atoms with Crippen LogP contribution in [0.1, 0.15) is 10.5 Å². The molecular formula is C21H22F3N5O6S. The van der Waals surface area contributed by atoms with E-state index in [1.807, 2.05) is 0 Å². The summed E-state index contributed by atoms with van der Waals surface area (Å²) in [7, 11) is -0.0343. The van der Waals surface area contributed by atoms with Gasteiger partial charge in [-0.1, -0.05) is 0 Å². The fraction of sp³-hybridized carbons (Fsp3) is 0.381. The second kappa shape index (κ2) is 9.13. The van der Waals surface area contributed by atoms with Crippen molar-refractivity contribution in [2.75, 3.05) is 39.1 Å². The quantitative estimate of drug-likeness (QED) is 0.425. The van der Waals surface area contributed by atoms with Crippen molar-refractivity contribution in [3.63, 3.8) is 0 Å². The fourth-order valence-electron chi connectivity index (χ4n) is 4.11. The number of aryl methyl sites for hydroxylation is 1. The van der Waals surface area contributed by atoms with Gasteiger partial charge < -0.3 is 24.4 Å². The molecule has 2 atom stereocenters. The number of aromatic nitrogens is 1. The van der Waals surface area contributed by atoms with Gasteiger partial charge in [0.05, 0.1) is 6.61 Å². The zero-order chi connectivity index (χ0) is 26.5. The van der Waals surface area contributed by atoms with E-state index < -0.39 is 62.8 Å². The molecule has 1 saturated heterocycles. The van der Waals surface area contributed by atoms with Gasteiger partial charge in [0.1, 0.15) is 4.90 Å². The summed E-state index contributed by atoms with van der Waals surface area (Å²) >= 11 is 0. The Labute approximate surface area is 203 Å². The topological polar surface area (TPSA) is 130 Å². The molecule has 0 saturated carbocycles. The Kier molecular flexibility index (Phi) is 6.47. The third-order valence-corrected chi connectivity index (χ3v) is 7.40. The number of rotatable bonds is 2. The Hall–Kier alpha value is -3.59. The molecule has 11 nitrogen and oxygen atoms in total. The molecule has 1 fully saturated rings. The highest BCUT2D eigenvalue weighted by Crippen LogP contribution is 2.35. The number of benzene rings is 1. The third kappa shape index (κ3) is 4.51. The summed E-state index contributed by atoms with van der Waals surface area (Å²) in [6.45, 7) is -0.128. The molecule has 0 radical (unpaired) electrons. The van der Waals surface area contributed by atoms with Crippen LogP contribution in [0.15, 0.2) is 23.2 Å². The molecule has 2 aliphatic heterocycles. The van der Waals surface area contributed by atoms with Crippen LogP contribution in [0.3, 0.4) is 0 Å². The molecule has 0 unspecified atom stereocenters. The predicted molar refractivity (Wildman–Crippen MR) is 118 cm³/mol. The second-order valence-electron chi connectivity index (χ2n) is 8.70. The van der Waals surface area contributed by atoms with Crippen LogP contribution in [0.2, 0.25) is 0 Å². The van der Waals surface area contributed by atoms with Crippen molar-refractivity contribution in [1.29, 1.82) is 0 Å². The number of ether oxygens (including phenoxy) is 1. The minimum Gasteiger partial charge on any atom is -0.489 e. The van der Waals surface area contributed by atoms with Crippen molar-refractivity contribution in [3.8, 4) is 5.75 Å². The van der Waals surface area contributed by atoms with E-state index in [1.54, 1.807) is 0 Å². The Morgan fingerprint density at radius 3 is 2.39 bits per heavy atom. The zero-order valence-corrected chi connectivity index (χ0v) is 20.2. The van der Waals surface area contributed by atoms with Crippen LogP contribution in [-0.4, -0.2) is 80.3 Å². The van der Waals surface area contributed by atoms with E-state index in [4.69, 9.17) is 4.74 Å². The van der Waals surface area contributed by atoms with E-state index in [1.165, 1.54) is 30.6 Å². The van der Waals surface area contributed by atoms with Crippen molar-refractivity contribution in [2.24, 2.45) is 13.0 Å². The third-order valence-electron chi connectivity index (χ3n) is 5.91. The highest BCUT2D eigenvalue weighted by molar-refractivity contribution is 7.89. The molecule has 194 valence electrons. The number of halogens is 3. The highest BCUT2D eigenvalue weighted by atomic mass is 32.2. The minimum absolute atomic E-state index is 0.0312. The number of nitrogens with zero attached hydrogens (tertiary/aromatic N) is 3. The first-order valence-corrected chi connectivity index (χ1v) is 12.1. The summed E-state index contributed by atoms with van der Waals surface area (Å²) in [6.07, 6.45) is 1.13. The van der Waals surface area contributed by atoms with Gasteiger partial charge in [-0.25, -0.2) is 26.3 Å². The Morgan fingerprint density at radius 1 is 1.14 bits per heavy atom. The summed E-state index contributed by atoms with van der Waals surface area (Å²) in [4.78, 5) is 39.4. The molecule has 2 aliphatic rings. The van der Waals surface area contributed by atoms with Crippen LogP contribution in [0.25, 0.3) is 0 Å². The lowest BCUT2D eigenvalue weighted by Gasteiger charge is -2.23. The fourth-order valence-corrected chi connectivity index (χ4v) is 5.60. The van der Waals surface area contributed by atoms with Gasteiger partial charge in [-0.3, -0.25) is 14.4 Å². The van der Waals surface area contributed by atoms with Crippen molar-refractivity contribution in [1.82, 2.24) is 19.1 Å². The Balaban J connectivity index is 1.62. The van der Waals surface area contributed by atoms with Crippen molar-refractivity contribution in [3.05, 3.63) is 41.5 Å². The number of carbonyl (C=O) groups excluding carboxylic acids is 3. The number of amides is 3. The lowest BCUT2D eigenvalue weighted by atomic mass is 10.1. The average molecular weight is 529 g/mol. The smallest absolute Gasteiger partial charge is 0.312 e. The number of hydrogen-bond acceptors (Lipinski definition) is 6. The number of anilines is 1. The largest absolute Gasteiger partial charge is 0.489 e. The lowest BCUT2D eigenvalue weighted by molar-refractivity contribution is -0.149. The molecule has 3 heterocycles. The maximum Gasteiger partial charge on any atom is 0.312 e. The van der Waals surface area contributed by atoms with E-state index >= 15 is 0 Å². The van der Waals surface area contributed by atoms with Gasteiger partial charge in [0.25, 0.3) is 5.91 Å². The maximum absolute atomic E-state index is 13.6. The first-order valence-electron chi connectivity index (χ1n) is 10.6. The van der Waals surface area contributed by atoms with Crippen LogP contribution in [-0.2, 0) is 26.7 Å². The summed E-state index contributed by atoms with van der Waals surface area (Å²) < 4.78 is 76.0. The van der Waals surface area contributed by atoms with Crippen LogP contribution in [0.5, 0.6) is 5.75 Å². The van der Waals surface area contributed by atoms with E-state index in [-0.39, 0.29) is 36.0 Å². The van der Waals surface area contributed by atoms with Gasteiger partial charge in [0, 0.05) is 70.2 Å². The number of fused-ring (bicyclic) bond motifs is 2. The summed E-state index contributed by atoms with van der Waals surface area (Å²) in [5.74, 6) is -8.10. The van der Waals surface area contributed by atoms with Crippen LogP contribution < -0.4 is 14.8 Å².